The highest BCUT2D eigenvalue weighted by Gasteiger charge is 2.19. The molecule has 0 aliphatic carbocycles. The molecule has 0 unspecified atom stereocenters. The summed E-state index contributed by atoms with van der Waals surface area (Å²) in [7, 11) is 0. The molecule has 3 aromatic rings. The Hall–Kier alpha value is -3.94. The van der Waals surface area contributed by atoms with Crippen molar-refractivity contribution in [3.05, 3.63) is 72.2 Å². The molecule has 0 spiro atoms. The molecule has 7 nitrogen and oxygen atoms in total. The fourth-order valence-electron chi connectivity index (χ4n) is 3.29. The number of hydrogen-bond acceptors (Lipinski definition) is 4. The Balaban J connectivity index is 1.72. The van der Waals surface area contributed by atoms with Crippen molar-refractivity contribution in [2.75, 3.05) is 17.6 Å². The van der Waals surface area contributed by atoms with Crippen LogP contribution in [-0.2, 0) is 11.2 Å². The summed E-state index contributed by atoms with van der Waals surface area (Å²) in [5.74, 6) is -0.786. The summed E-state index contributed by atoms with van der Waals surface area (Å²) in [6.45, 7) is 3.98. The maximum atomic E-state index is 14.4. The molecule has 29 heavy (non-hydrogen) atoms. The molecule has 4 rings (SSSR count). The summed E-state index contributed by atoms with van der Waals surface area (Å²) in [5, 5.41) is 9.62. The van der Waals surface area contributed by atoms with Crippen molar-refractivity contribution in [2.45, 2.75) is 6.42 Å². The van der Waals surface area contributed by atoms with Gasteiger partial charge in [0.25, 0.3) is 5.91 Å². The van der Waals surface area contributed by atoms with Crippen molar-refractivity contribution >= 4 is 23.3 Å². The van der Waals surface area contributed by atoms with Crippen LogP contribution in [0.1, 0.15) is 15.9 Å². The highest BCUT2D eigenvalue weighted by Crippen LogP contribution is 2.30. The lowest BCUT2D eigenvalue weighted by Gasteiger charge is -2.17. The molecule has 1 aromatic heterocycles. The van der Waals surface area contributed by atoms with Gasteiger partial charge in [-0.25, -0.2) is 9.07 Å². The number of nitrogens with zero attached hydrogens (tertiary/aromatic N) is 2. The van der Waals surface area contributed by atoms with E-state index in [1.54, 1.807) is 18.3 Å². The van der Waals surface area contributed by atoms with Crippen molar-refractivity contribution in [3.63, 3.8) is 0 Å². The van der Waals surface area contributed by atoms with Gasteiger partial charge in [0.1, 0.15) is 11.5 Å². The highest BCUT2D eigenvalue weighted by atomic mass is 19.1. The number of anilines is 2. The first-order valence-corrected chi connectivity index (χ1v) is 8.96. The van der Waals surface area contributed by atoms with Crippen LogP contribution in [0, 0.1) is 5.82 Å². The zero-order valence-corrected chi connectivity index (χ0v) is 15.4. The minimum atomic E-state index is -0.516. The van der Waals surface area contributed by atoms with Crippen LogP contribution in [0.3, 0.4) is 0 Å². The smallest absolute Gasteiger partial charge is 0.251 e. The molecular formula is C21H18FN5O2. The Morgan fingerprint density at radius 3 is 2.90 bits per heavy atom. The van der Waals surface area contributed by atoms with Gasteiger partial charge < -0.3 is 16.4 Å². The summed E-state index contributed by atoms with van der Waals surface area (Å²) in [6, 6.07) is 9.60. The van der Waals surface area contributed by atoms with E-state index in [0.29, 0.717) is 23.4 Å². The second kappa shape index (κ2) is 7.23. The van der Waals surface area contributed by atoms with E-state index in [1.165, 1.54) is 22.9 Å². The van der Waals surface area contributed by atoms with E-state index in [1.807, 2.05) is 6.07 Å². The predicted molar refractivity (Wildman–Crippen MR) is 108 cm³/mol. The number of fused-ring (bicyclic) bond motifs is 1. The van der Waals surface area contributed by atoms with E-state index in [0.717, 1.165) is 23.6 Å². The number of carbonyl (C=O) groups excluding carboxylic acids is 2. The molecule has 0 atom stereocenters. The molecule has 1 aliphatic rings. The summed E-state index contributed by atoms with van der Waals surface area (Å²) >= 11 is 0. The molecule has 0 saturated carbocycles. The van der Waals surface area contributed by atoms with Gasteiger partial charge >= 0.3 is 0 Å². The van der Waals surface area contributed by atoms with Crippen LogP contribution in [0.5, 0.6) is 0 Å². The molecule has 0 saturated heterocycles. The average molecular weight is 391 g/mol. The Labute approximate surface area is 166 Å². The molecule has 4 N–H and O–H groups in total. The molecule has 146 valence electrons. The summed E-state index contributed by atoms with van der Waals surface area (Å²) < 4.78 is 15.7. The van der Waals surface area contributed by atoms with E-state index < -0.39 is 11.7 Å². The Morgan fingerprint density at radius 2 is 2.10 bits per heavy atom. The van der Waals surface area contributed by atoms with Crippen LogP contribution in [0.25, 0.3) is 16.8 Å². The first kappa shape index (κ1) is 18.4. The number of carbonyl (C=O) groups is 2. The van der Waals surface area contributed by atoms with Gasteiger partial charge in [-0.3, -0.25) is 9.59 Å². The van der Waals surface area contributed by atoms with Crippen LogP contribution < -0.4 is 16.4 Å². The summed E-state index contributed by atoms with van der Waals surface area (Å²) in [5.41, 5.74) is 9.62. The number of nitrogen functional groups attached to an aromatic ring is 1. The van der Waals surface area contributed by atoms with Crippen molar-refractivity contribution in [2.24, 2.45) is 0 Å². The lowest BCUT2D eigenvalue weighted by atomic mass is 9.96. The molecular weight excluding hydrogens is 373 g/mol. The molecule has 8 heteroatoms. The second-order valence-corrected chi connectivity index (χ2v) is 6.61. The lowest BCUT2D eigenvalue weighted by Crippen LogP contribution is -2.31. The maximum Gasteiger partial charge on any atom is 0.251 e. The normalized spacial score (nSPS) is 12.8. The standard InChI is InChI=1S/C21H18FN5O2/c1-2-19(28)25-14-4-6-17(22)18(10-14)27-11-16(20(23)26-27)12-3-5-15-13(9-12)7-8-24-21(15)29/h2-6,9-11H,1,7-8H2,(H2,23,26)(H,24,29)(H,25,28). The van der Waals surface area contributed by atoms with Crippen LogP contribution in [0.2, 0.25) is 0 Å². The monoisotopic (exact) mass is 391 g/mol. The molecule has 2 aromatic carbocycles. The highest BCUT2D eigenvalue weighted by molar-refractivity contribution is 5.99. The van der Waals surface area contributed by atoms with E-state index in [4.69, 9.17) is 5.73 Å². The predicted octanol–water partition coefficient (Wildman–Crippen LogP) is 2.67. The molecule has 0 radical (unpaired) electrons. The number of nitrogens with one attached hydrogen (secondary N) is 2. The Morgan fingerprint density at radius 1 is 1.28 bits per heavy atom. The van der Waals surface area contributed by atoms with E-state index in [2.05, 4.69) is 22.3 Å². The number of nitrogens with two attached hydrogens (primary N) is 1. The Bertz CT molecular complexity index is 1150. The van der Waals surface area contributed by atoms with Crippen LogP contribution in [0.15, 0.2) is 55.3 Å². The van der Waals surface area contributed by atoms with Gasteiger partial charge in [-0.1, -0.05) is 18.7 Å². The summed E-state index contributed by atoms with van der Waals surface area (Å²) in [6.07, 6.45) is 3.48. The SMILES string of the molecule is C=CC(=O)Nc1ccc(F)c(-n2cc(-c3ccc4c(c3)CCNC4=O)c(N)n2)c1. The number of aromatic nitrogens is 2. The van der Waals surface area contributed by atoms with Gasteiger partial charge in [-0.15, -0.1) is 5.10 Å². The van der Waals surface area contributed by atoms with Gasteiger partial charge in [0.15, 0.2) is 5.82 Å². The van der Waals surface area contributed by atoms with Crippen molar-refractivity contribution < 1.29 is 14.0 Å². The molecule has 2 amide bonds. The van der Waals surface area contributed by atoms with Gasteiger partial charge in [-0.05, 0) is 47.9 Å². The van der Waals surface area contributed by atoms with E-state index in [-0.39, 0.29) is 17.4 Å². The fraction of sp³-hybridized carbons (Fsp3) is 0.0952. The number of benzene rings is 2. The zero-order chi connectivity index (χ0) is 20.5. The van der Waals surface area contributed by atoms with Crippen LogP contribution in [0.4, 0.5) is 15.9 Å². The Kier molecular flexibility index (Phi) is 4.59. The van der Waals surface area contributed by atoms with E-state index >= 15 is 0 Å². The van der Waals surface area contributed by atoms with Crippen LogP contribution in [-0.4, -0.2) is 28.1 Å². The zero-order valence-electron chi connectivity index (χ0n) is 15.4. The van der Waals surface area contributed by atoms with Gasteiger partial charge in [-0.2, -0.15) is 0 Å². The maximum absolute atomic E-state index is 14.4. The molecule has 0 fully saturated rings. The van der Waals surface area contributed by atoms with Crippen molar-refractivity contribution in [3.8, 4) is 16.8 Å². The first-order chi connectivity index (χ1) is 14.0. The van der Waals surface area contributed by atoms with Crippen LogP contribution >= 0.6 is 0 Å². The van der Waals surface area contributed by atoms with Crippen molar-refractivity contribution in [1.82, 2.24) is 15.1 Å². The minimum absolute atomic E-state index is 0.0954. The third-order valence-corrected chi connectivity index (χ3v) is 4.73. The number of halogens is 1. The van der Waals surface area contributed by atoms with Gasteiger partial charge in [0.2, 0.25) is 5.91 Å². The quantitative estimate of drug-likeness (QED) is 0.595. The third kappa shape index (κ3) is 3.47. The fourth-order valence-corrected chi connectivity index (χ4v) is 3.29. The van der Waals surface area contributed by atoms with Crippen molar-refractivity contribution in [1.29, 1.82) is 0 Å². The number of hydrogen-bond donors (Lipinski definition) is 3. The minimum Gasteiger partial charge on any atom is -0.382 e. The molecule has 2 heterocycles. The topological polar surface area (TPSA) is 102 Å². The number of rotatable bonds is 4. The number of amides is 2. The molecule has 0 bridgehead atoms. The van der Waals surface area contributed by atoms with Gasteiger partial charge in [0, 0.05) is 29.6 Å². The summed E-state index contributed by atoms with van der Waals surface area (Å²) in [4.78, 5) is 23.4. The first-order valence-electron chi connectivity index (χ1n) is 8.96. The van der Waals surface area contributed by atoms with Gasteiger partial charge in [0.05, 0.1) is 0 Å². The lowest BCUT2D eigenvalue weighted by molar-refractivity contribution is -0.111. The average Bonchev–Trinajstić information content (AvgIpc) is 3.10. The molecule has 1 aliphatic heterocycles. The third-order valence-electron chi connectivity index (χ3n) is 4.73. The second-order valence-electron chi connectivity index (χ2n) is 6.61. The largest absolute Gasteiger partial charge is 0.382 e. The van der Waals surface area contributed by atoms with E-state index in [9.17, 15) is 14.0 Å².